The summed E-state index contributed by atoms with van der Waals surface area (Å²) in [6.07, 6.45) is 2.57. The minimum absolute atomic E-state index is 0. The third-order valence-corrected chi connectivity index (χ3v) is 4.05. The van der Waals surface area contributed by atoms with Gasteiger partial charge in [-0.05, 0) is 43.0 Å². The molecule has 0 unspecified atom stereocenters. The molecule has 1 amide bonds. The zero-order chi connectivity index (χ0) is 14.4. The Morgan fingerprint density at radius 1 is 1.23 bits per heavy atom. The Labute approximate surface area is 145 Å². The van der Waals surface area contributed by atoms with Gasteiger partial charge in [0.1, 0.15) is 0 Å². The first-order valence-electron chi connectivity index (χ1n) is 7.45. The Morgan fingerprint density at radius 3 is 2.41 bits per heavy atom. The number of benzene rings is 1. The summed E-state index contributed by atoms with van der Waals surface area (Å²) >= 11 is 0. The summed E-state index contributed by atoms with van der Waals surface area (Å²) < 4.78 is 0. The smallest absolute Gasteiger partial charge is 0.234 e. The zero-order valence-corrected chi connectivity index (χ0v) is 14.7. The lowest BCUT2D eigenvalue weighted by Crippen LogP contribution is -2.33. The van der Waals surface area contributed by atoms with Crippen molar-refractivity contribution < 1.29 is 4.79 Å². The monoisotopic (exact) mass is 347 g/mol. The minimum Gasteiger partial charge on any atom is -0.351 e. The third-order valence-electron chi connectivity index (χ3n) is 4.05. The molecule has 126 valence electrons. The molecule has 22 heavy (non-hydrogen) atoms. The standard InChI is InChI=1S/C16H25N3O.2ClH/c1-13-6-8-19(9-7-13)12-15-5-3-2-4-14(15)11-18-16(20)10-17;;/h2-5,13H,6-12,17H2,1H3,(H,18,20);2*1H. The van der Waals surface area contributed by atoms with Crippen molar-refractivity contribution in [3.05, 3.63) is 35.4 Å². The van der Waals surface area contributed by atoms with Crippen molar-refractivity contribution >= 4 is 30.7 Å². The van der Waals surface area contributed by atoms with E-state index in [1.165, 1.54) is 37.1 Å². The molecule has 1 fully saturated rings. The van der Waals surface area contributed by atoms with E-state index >= 15 is 0 Å². The fraction of sp³-hybridized carbons (Fsp3) is 0.562. The number of carbonyl (C=O) groups is 1. The number of halogens is 2. The minimum atomic E-state index is -0.105. The van der Waals surface area contributed by atoms with E-state index in [4.69, 9.17) is 5.73 Å². The molecule has 0 saturated carbocycles. The van der Waals surface area contributed by atoms with Crippen molar-refractivity contribution in [1.29, 1.82) is 0 Å². The Kier molecular flexibility index (Phi) is 10.4. The Hall–Kier alpha value is -0.810. The van der Waals surface area contributed by atoms with Crippen LogP contribution in [-0.4, -0.2) is 30.4 Å². The van der Waals surface area contributed by atoms with E-state index in [0.29, 0.717) is 6.54 Å². The highest BCUT2D eigenvalue weighted by atomic mass is 35.5. The largest absolute Gasteiger partial charge is 0.351 e. The van der Waals surface area contributed by atoms with Gasteiger partial charge in [-0.15, -0.1) is 24.8 Å². The van der Waals surface area contributed by atoms with Crippen LogP contribution in [0.2, 0.25) is 0 Å². The van der Waals surface area contributed by atoms with E-state index in [1.807, 2.05) is 6.07 Å². The van der Waals surface area contributed by atoms with Gasteiger partial charge in [-0.3, -0.25) is 9.69 Å². The molecule has 4 nitrogen and oxygen atoms in total. The molecule has 0 atom stereocenters. The summed E-state index contributed by atoms with van der Waals surface area (Å²) in [5, 5.41) is 2.85. The molecule has 0 bridgehead atoms. The Bertz CT molecular complexity index is 449. The lowest BCUT2D eigenvalue weighted by atomic mass is 9.98. The van der Waals surface area contributed by atoms with Gasteiger partial charge in [0.05, 0.1) is 6.54 Å². The van der Waals surface area contributed by atoms with Crippen molar-refractivity contribution in [2.24, 2.45) is 11.7 Å². The summed E-state index contributed by atoms with van der Waals surface area (Å²) in [6, 6.07) is 8.32. The van der Waals surface area contributed by atoms with E-state index in [0.717, 1.165) is 12.5 Å². The van der Waals surface area contributed by atoms with Gasteiger partial charge in [-0.25, -0.2) is 0 Å². The maximum absolute atomic E-state index is 11.3. The van der Waals surface area contributed by atoms with Gasteiger partial charge in [0.25, 0.3) is 0 Å². The molecule has 0 aliphatic carbocycles. The van der Waals surface area contributed by atoms with Crippen molar-refractivity contribution in [1.82, 2.24) is 10.2 Å². The molecule has 0 spiro atoms. The second-order valence-electron chi connectivity index (χ2n) is 5.71. The lowest BCUT2D eigenvalue weighted by Gasteiger charge is -2.30. The topological polar surface area (TPSA) is 58.4 Å². The first kappa shape index (κ1) is 21.2. The first-order chi connectivity index (χ1) is 9.69. The van der Waals surface area contributed by atoms with Crippen LogP contribution in [0.5, 0.6) is 0 Å². The summed E-state index contributed by atoms with van der Waals surface area (Å²) in [5.41, 5.74) is 7.81. The van der Waals surface area contributed by atoms with Crippen LogP contribution in [0.1, 0.15) is 30.9 Å². The molecule has 0 aromatic heterocycles. The molecule has 1 saturated heterocycles. The van der Waals surface area contributed by atoms with Crippen LogP contribution in [0.3, 0.4) is 0 Å². The van der Waals surface area contributed by atoms with Crippen LogP contribution in [0.25, 0.3) is 0 Å². The molecule has 2 rings (SSSR count). The summed E-state index contributed by atoms with van der Waals surface area (Å²) in [5.74, 6) is 0.747. The number of nitrogens with one attached hydrogen (secondary N) is 1. The Morgan fingerprint density at radius 2 is 1.82 bits per heavy atom. The third kappa shape index (κ3) is 6.53. The summed E-state index contributed by atoms with van der Waals surface area (Å²) in [7, 11) is 0. The van der Waals surface area contributed by atoms with Crippen molar-refractivity contribution in [2.45, 2.75) is 32.9 Å². The van der Waals surface area contributed by atoms with E-state index in [-0.39, 0.29) is 37.3 Å². The van der Waals surface area contributed by atoms with Crippen LogP contribution in [0.15, 0.2) is 24.3 Å². The number of nitrogens with two attached hydrogens (primary N) is 1. The van der Waals surface area contributed by atoms with Gasteiger partial charge in [-0.1, -0.05) is 31.2 Å². The highest BCUT2D eigenvalue weighted by molar-refractivity contribution is 5.85. The number of likely N-dealkylation sites (tertiary alicyclic amines) is 1. The molecule has 1 heterocycles. The van der Waals surface area contributed by atoms with E-state index in [1.54, 1.807) is 0 Å². The number of carbonyl (C=O) groups excluding carboxylic acids is 1. The second-order valence-corrected chi connectivity index (χ2v) is 5.71. The van der Waals surface area contributed by atoms with E-state index < -0.39 is 0 Å². The van der Waals surface area contributed by atoms with Crippen LogP contribution >= 0.6 is 24.8 Å². The number of nitrogens with zero attached hydrogens (tertiary/aromatic N) is 1. The van der Waals surface area contributed by atoms with Gasteiger partial charge < -0.3 is 11.1 Å². The fourth-order valence-corrected chi connectivity index (χ4v) is 2.61. The van der Waals surface area contributed by atoms with E-state index in [9.17, 15) is 4.79 Å². The zero-order valence-electron chi connectivity index (χ0n) is 13.1. The van der Waals surface area contributed by atoms with Crippen molar-refractivity contribution in [3.63, 3.8) is 0 Å². The molecule has 3 N–H and O–H groups in total. The van der Waals surface area contributed by atoms with Gasteiger partial charge in [0, 0.05) is 13.1 Å². The average Bonchev–Trinajstić information content (AvgIpc) is 2.48. The molecular formula is C16H27Cl2N3O. The van der Waals surface area contributed by atoms with Crippen molar-refractivity contribution in [2.75, 3.05) is 19.6 Å². The first-order valence-corrected chi connectivity index (χ1v) is 7.45. The predicted molar refractivity (Wildman–Crippen MR) is 95.5 cm³/mol. The highest BCUT2D eigenvalue weighted by Gasteiger charge is 2.16. The van der Waals surface area contributed by atoms with Crippen LogP contribution in [-0.2, 0) is 17.9 Å². The molecule has 1 aliphatic heterocycles. The maximum Gasteiger partial charge on any atom is 0.234 e. The van der Waals surface area contributed by atoms with Crippen LogP contribution in [0, 0.1) is 5.92 Å². The van der Waals surface area contributed by atoms with Crippen LogP contribution in [0.4, 0.5) is 0 Å². The molecule has 1 aromatic rings. The highest BCUT2D eigenvalue weighted by Crippen LogP contribution is 2.19. The average molecular weight is 348 g/mol. The second kappa shape index (κ2) is 10.8. The van der Waals surface area contributed by atoms with Gasteiger partial charge >= 0.3 is 0 Å². The SMILES string of the molecule is CC1CCN(Cc2ccccc2CNC(=O)CN)CC1.Cl.Cl. The number of rotatable bonds is 5. The summed E-state index contributed by atoms with van der Waals surface area (Å²) in [6.45, 7) is 6.26. The number of amides is 1. The van der Waals surface area contributed by atoms with Crippen molar-refractivity contribution in [3.8, 4) is 0 Å². The molecule has 1 aliphatic rings. The molecule has 1 aromatic carbocycles. The number of hydrogen-bond acceptors (Lipinski definition) is 3. The summed E-state index contributed by atoms with van der Waals surface area (Å²) in [4.78, 5) is 13.8. The predicted octanol–water partition coefficient (Wildman–Crippen LogP) is 2.34. The van der Waals surface area contributed by atoms with Gasteiger partial charge in [0.2, 0.25) is 5.91 Å². The van der Waals surface area contributed by atoms with Gasteiger partial charge in [-0.2, -0.15) is 0 Å². The molecular weight excluding hydrogens is 321 g/mol. The lowest BCUT2D eigenvalue weighted by molar-refractivity contribution is -0.119. The molecule has 0 radical (unpaired) electrons. The van der Waals surface area contributed by atoms with Crippen LogP contribution < -0.4 is 11.1 Å². The normalized spacial score (nSPS) is 15.5. The number of hydrogen-bond donors (Lipinski definition) is 2. The quantitative estimate of drug-likeness (QED) is 0.859. The van der Waals surface area contributed by atoms with Gasteiger partial charge in [0.15, 0.2) is 0 Å². The van der Waals surface area contributed by atoms with E-state index in [2.05, 4.69) is 35.3 Å². The Balaban J connectivity index is 0.00000220. The maximum atomic E-state index is 11.3. The fourth-order valence-electron chi connectivity index (χ4n) is 2.61. The number of piperidine rings is 1. The molecule has 6 heteroatoms.